The van der Waals surface area contributed by atoms with E-state index in [2.05, 4.69) is 21.2 Å². The lowest BCUT2D eigenvalue weighted by molar-refractivity contribution is -0.112. The zero-order valence-corrected chi connectivity index (χ0v) is 20.8. The first kappa shape index (κ1) is 25.3. The van der Waals surface area contributed by atoms with Crippen molar-refractivity contribution in [1.82, 2.24) is 0 Å². The van der Waals surface area contributed by atoms with Crippen molar-refractivity contribution in [2.24, 2.45) is 0 Å². The molecule has 0 atom stereocenters. The summed E-state index contributed by atoms with van der Waals surface area (Å²) in [6.45, 7) is 1.93. The SMILES string of the molecule is Cc1c(Cl)cccc1NC(=O)/C(C#N)=C\c1cc(Cl)c(OCc2ccc(C(=O)O)cc2)c(Br)c1. The lowest BCUT2D eigenvalue weighted by Gasteiger charge is -2.12. The fourth-order valence-corrected chi connectivity index (χ4v) is 4.11. The van der Waals surface area contributed by atoms with E-state index in [0.717, 1.165) is 5.56 Å². The van der Waals surface area contributed by atoms with Crippen molar-refractivity contribution >= 4 is 62.8 Å². The molecule has 0 heterocycles. The highest BCUT2D eigenvalue weighted by atomic mass is 79.9. The number of carboxylic acids is 1. The normalized spacial score (nSPS) is 11.0. The summed E-state index contributed by atoms with van der Waals surface area (Å²) in [7, 11) is 0. The number of nitrogens with zero attached hydrogens (tertiary/aromatic N) is 1. The molecule has 0 aliphatic heterocycles. The molecule has 0 fully saturated rings. The van der Waals surface area contributed by atoms with Gasteiger partial charge >= 0.3 is 5.97 Å². The summed E-state index contributed by atoms with van der Waals surface area (Å²) in [5, 5.41) is 22.0. The van der Waals surface area contributed by atoms with E-state index in [0.29, 0.717) is 32.1 Å². The topological polar surface area (TPSA) is 99.4 Å². The maximum Gasteiger partial charge on any atom is 0.335 e. The van der Waals surface area contributed by atoms with Gasteiger partial charge in [0.05, 0.1) is 15.1 Å². The Hall–Kier alpha value is -3.31. The van der Waals surface area contributed by atoms with E-state index in [4.69, 9.17) is 33.0 Å². The van der Waals surface area contributed by atoms with Gasteiger partial charge in [0.2, 0.25) is 0 Å². The molecule has 0 saturated carbocycles. The van der Waals surface area contributed by atoms with Gasteiger partial charge in [-0.3, -0.25) is 4.79 Å². The van der Waals surface area contributed by atoms with E-state index in [1.807, 2.05) is 6.07 Å². The second-order valence-electron chi connectivity index (χ2n) is 7.14. The van der Waals surface area contributed by atoms with E-state index >= 15 is 0 Å². The summed E-state index contributed by atoms with van der Waals surface area (Å²) in [5.41, 5.74) is 2.55. The molecule has 0 aliphatic carbocycles. The maximum atomic E-state index is 12.6. The van der Waals surface area contributed by atoms with Crippen LogP contribution in [0.3, 0.4) is 0 Å². The van der Waals surface area contributed by atoms with Gasteiger partial charge in [-0.2, -0.15) is 5.26 Å². The first-order chi connectivity index (χ1) is 16.2. The number of anilines is 1. The molecule has 3 aromatic rings. The van der Waals surface area contributed by atoms with Crippen LogP contribution in [0.15, 0.2) is 64.6 Å². The molecule has 3 aromatic carbocycles. The number of aromatic carboxylic acids is 1. The summed E-state index contributed by atoms with van der Waals surface area (Å²) >= 11 is 15.9. The maximum absolute atomic E-state index is 12.6. The number of nitriles is 1. The van der Waals surface area contributed by atoms with E-state index < -0.39 is 11.9 Å². The number of benzene rings is 3. The lowest BCUT2D eigenvalue weighted by atomic mass is 10.1. The van der Waals surface area contributed by atoms with Crippen molar-refractivity contribution in [1.29, 1.82) is 5.26 Å². The van der Waals surface area contributed by atoms with Crippen LogP contribution in [-0.2, 0) is 11.4 Å². The number of nitrogens with one attached hydrogen (secondary N) is 1. The van der Waals surface area contributed by atoms with Crippen LogP contribution in [-0.4, -0.2) is 17.0 Å². The number of hydrogen-bond acceptors (Lipinski definition) is 4. The summed E-state index contributed by atoms with van der Waals surface area (Å²) in [4.78, 5) is 23.6. The number of hydrogen-bond donors (Lipinski definition) is 2. The molecular weight excluding hydrogens is 543 g/mol. The van der Waals surface area contributed by atoms with Crippen LogP contribution in [0.5, 0.6) is 5.75 Å². The molecule has 0 spiro atoms. The third kappa shape index (κ3) is 6.17. The summed E-state index contributed by atoms with van der Waals surface area (Å²) in [5.74, 6) is -1.21. The van der Waals surface area contributed by atoms with Gasteiger partial charge in [0.15, 0.2) is 5.75 Å². The molecule has 9 heteroatoms. The van der Waals surface area contributed by atoms with Crippen molar-refractivity contribution in [3.8, 4) is 11.8 Å². The summed E-state index contributed by atoms with van der Waals surface area (Å²) in [6, 6.07) is 16.6. The molecule has 0 aromatic heterocycles. The second kappa shape index (κ2) is 11.2. The second-order valence-corrected chi connectivity index (χ2v) is 8.81. The van der Waals surface area contributed by atoms with E-state index in [-0.39, 0.29) is 22.8 Å². The van der Waals surface area contributed by atoms with Crippen molar-refractivity contribution < 1.29 is 19.4 Å². The zero-order chi connectivity index (χ0) is 24.8. The monoisotopic (exact) mass is 558 g/mol. The van der Waals surface area contributed by atoms with E-state index in [1.165, 1.54) is 18.2 Å². The van der Waals surface area contributed by atoms with E-state index in [9.17, 15) is 14.9 Å². The number of halogens is 3. The molecule has 0 aliphatic rings. The average molecular weight is 560 g/mol. The largest absolute Gasteiger partial charge is 0.486 e. The average Bonchev–Trinajstić information content (AvgIpc) is 2.80. The van der Waals surface area contributed by atoms with Gasteiger partial charge in [-0.05, 0) is 82.0 Å². The Kier molecular flexibility index (Phi) is 8.35. The molecule has 34 heavy (non-hydrogen) atoms. The predicted molar refractivity (Wildman–Crippen MR) is 135 cm³/mol. The Morgan fingerprint density at radius 2 is 1.85 bits per heavy atom. The minimum atomic E-state index is -1.00. The molecule has 2 N–H and O–H groups in total. The predicted octanol–water partition coefficient (Wildman–Crippen LogP) is 6.89. The molecule has 0 bridgehead atoms. The van der Waals surface area contributed by atoms with Gasteiger partial charge in [0.25, 0.3) is 5.91 Å². The number of carbonyl (C=O) groups is 2. The van der Waals surface area contributed by atoms with Crippen LogP contribution in [0.25, 0.3) is 6.08 Å². The Balaban J connectivity index is 1.76. The van der Waals surface area contributed by atoms with Crippen LogP contribution < -0.4 is 10.1 Å². The minimum absolute atomic E-state index is 0.116. The molecule has 1 amide bonds. The van der Waals surface area contributed by atoms with Crippen molar-refractivity contribution in [2.45, 2.75) is 13.5 Å². The van der Waals surface area contributed by atoms with Gasteiger partial charge in [-0.15, -0.1) is 0 Å². The number of amides is 1. The number of carbonyl (C=O) groups excluding carboxylic acids is 1. The Bertz CT molecular complexity index is 1310. The highest BCUT2D eigenvalue weighted by Crippen LogP contribution is 2.36. The van der Waals surface area contributed by atoms with Crippen LogP contribution in [0, 0.1) is 18.3 Å². The fourth-order valence-electron chi connectivity index (χ4n) is 2.95. The highest BCUT2D eigenvalue weighted by molar-refractivity contribution is 9.10. The first-order valence-electron chi connectivity index (χ1n) is 9.82. The molecule has 0 unspecified atom stereocenters. The van der Waals surface area contributed by atoms with Crippen LogP contribution in [0.1, 0.15) is 27.0 Å². The summed E-state index contributed by atoms with van der Waals surface area (Å²) < 4.78 is 6.31. The Labute approximate surface area is 214 Å². The standard InChI is InChI=1S/C25H17BrCl2N2O4/c1-14-20(27)3-2-4-22(14)30-24(31)18(12-29)9-16-10-19(26)23(21(28)11-16)34-13-15-5-7-17(8-6-15)25(32)33/h2-11H,13H2,1H3,(H,30,31)(H,32,33)/b18-9-. The van der Waals surface area contributed by atoms with Crippen molar-refractivity contribution in [3.05, 3.63) is 96.9 Å². The van der Waals surface area contributed by atoms with Crippen LogP contribution >= 0.6 is 39.1 Å². The lowest BCUT2D eigenvalue weighted by Crippen LogP contribution is -2.14. The van der Waals surface area contributed by atoms with Gasteiger partial charge in [0.1, 0.15) is 18.2 Å². The Morgan fingerprint density at radius 3 is 2.47 bits per heavy atom. The summed E-state index contributed by atoms with van der Waals surface area (Å²) in [6.07, 6.45) is 1.42. The number of ether oxygens (including phenoxy) is 1. The van der Waals surface area contributed by atoms with Crippen LogP contribution in [0.2, 0.25) is 10.0 Å². The van der Waals surface area contributed by atoms with Crippen molar-refractivity contribution in [2.75, 3.05) is 5.32 Å². The quantitative estimate of drug-likeness (QED) is 0.242. The Morgan fingerprint density at radius 1 is 1.15 bits per heavy atom. The van der Waals surface area contributed by atoms with Gasteiger partial charge in [0, 0.05) is 10.7 Å². The molecule has 172 valence electrons. The highest BCUT2D eigenvalue weighted by Gasteiger charge is 2.14. The molecule has 3 rings (SSSR count). The smallest absolute Gasteiger partial charge is 0.335 e. The minimum Gasteiger partial charge on any atom is -0.486 e. The number of rotatable bonds is 7. The van der Waals surface area contributed by atoms with Crippen LogP contribution in [0.4, 0.5) is 5.69 Å². The number of carboxylic acid groups (broad SMARTS) is 1. The third-order valence-corrected chi connectivity index (χ3v) is 6.08. The van der Waals surface area contributed by atoms with E-state index in [1.54, 1.807) is 49.4 Å². The first-order valence-corrected chi connectivity index (χ1v) is 11.4. The zero-order valence-electron chi connectivity index (χ0n) is 17.7. The van der Waals surface area contributed by atoms with Crippen molar-refractivity contribution in [3.63, 3.8) is 0 Å². The molecule has 6 nitrogen and oxygen atoms in total. The molecule has 0 saturated heterocycles. The van der Waals surface area contributed by atoms with Gasteiger partial charge in [-0.1, -0.05) is 41.4 Å². The fraction of sp³-hybridized carbons (Fsp3) is 0.0800. The molecular formula is C25H17BrCl2N2O4. The third-order valence-electron chi connectivity index (χ3n) is 4.80. The van der Waals surface area contributed by atoms with Gasteiger partial charge in [-0.25, -0.2) is 4.79 Å². The molecule has 0 radical (unpaired) electrons. The van der Waals surface area contributed by atoms with Gasteiger partial charge < -0.3 is 15.2 Å².